The van der Waals surface area contributed by atoms with Crippen molar-refractivity contribution >= 4 is 23.0 Å². The molecule has 122 valence electrons. The number of hydrogen-bond donors (Lipinski definition) is 1. The summed E-state index contributed by atoms with van der Waals surface area (Å²) in [7, 11) is 0. The Morgan fingerprint density at radius 2 is 1.96 bits per heavy atom. The van der Waals surface area contributed by atoms with Crippen molar-refractivity contribution in [1.29, 1.82) is 0 Å². The molecular formula is C18H23N3OS. The number of hydrogen-bond acceptors (Lipinski definition) is 3. The maximum Gasteiger partial charge on any atom is 0.169 e. The van der Waals surface area contributed by atoms with Gasteiger partial charge in [-0.2, -0.15) is 0 Å². The highest BCUT2D eigenvalue weighted by atomic mass is 32.1. The van der Waals surface area contributed by atoms with Gasteiger partial charge in [-0.1, -0.05) is 12.1 Å². The SMILES string of the molecule is Cc1ccc(C)c(N2CCN(C(=S)NCc3ccco3)CC2)c1. The third-order valence-corrected chi connectivity index (χ3v) is 4.67. The van der Waals surface area contributed by atoms with Crippen LogP contribution in [-0.4, -0.2) is 36.2 Å². The first kappa shape index (κ1) is 15.9. The Bertz CT molecular complexity index is 661. The molecule has 0 spiro atoms. The summed E-state index contributed by atoms with van der Waals surface area (Å²) >= 11 is 5.50. The van der Waals surface area contributed by atoms with E-state index in [1.807, 2.05) is 12.1 Å². The van der Waals surface area contributed by atoms with E-state index in [0.29, 0.717) is 6.54 Å². The van der Waals surface area contributed by atoms with Crippen LogP contribution >= 0.6 is 12.2 Å². The zero-order valence-corrected chi connectivity index (χ0v) is 14.5. The molecule has 1 aliphatic rings. The number of aryl methyl sites for hydroxylation is 2. The minimum Gasteiger partial charge on any atom is -0.467 e. The predicted molar refractivity (Wildman–Crippen MR) is 97.8 cm³/mol. The highest BCUT2D eigenvalue weighted by molar-refractivity contribution is 7.80. The molecule has 0 bridgehead atoms. The Hall–Kier alpha value is -2.01. The van der Waals surface area contributed by atoms with Crippen LogP contribution in [0.2, 0.25) is 0 Å². The second kappa shape index (κ2) is 7.04. The summed E-state index contributed by atoms with van der Waals surface area (Å²) in [6, 6.07) is 10.5. The molecule has 1 fully saturated rings. The van der Waals surface area contributed by atoms with E-state index in [4.69, 9.17) is 16.6 Å². The van der Waals surface area contributed by atoms with Crippen LogP contribution in [0.4, 0.5) is 5.69 Å². The molecule has 0 unspecified atom stereocenters. The van der Waals surface area contributed by atoms with Crippen molar-refractivity contribution in [3.63, 3.8) is 0 Å². The number of nitrogens with zero attached hydrogens (tertiary/aromatic N) is 2. The van der Waals surface area contributed by atoms with Crippen LogP contribution in [0, 0.1) is 13.8 Å². The standard InChI is InChI=1S/C18H23N3OS/c1-14-5-6-15(2)17(12-14)20-7-9-21(10-8-20)18(23)19-13-16-4-3-11-22-16/h3-6,11-12H,7-10,13H2,1-2H3,(H,19,23). The molecule has 2 heterocycles. The topological polar surface area (TPSA) is 31.6 Å². The van der Waals surface area contributed by atoms with Gasteiger partial charge < -0.3 is 19.5 Å². The second-order valence-electron chi connectivity index (χ2n) is 6.00. The summed E-state index contributed by atoms with van der Waals surface area (Å²) in [5, 5.41) is 4.08. The van der Waals surface area contributed by atoms with Crippen LogP contribution in [0.1, 0.15) is 16.9 Å². The highest BCUT2D eigenvalue weighted by Gasteiger charge is 2.20. The van der Waals surface area contributed by atoms with Crippen molar-refractivity contribution in [3.8, 4) is 0 Å². The number of anilines is 1. The molecule has 5 heteroatoms. The lowest BCUT2D eigenvalue weighted by Gasteiger charge is -2.38. The minimum absolute atomic E-state index is 0.642. The Kier molecular flexibility index (Phi) is 4.86. The molecule has 1 aliphatic heterocycles. The second-order valence-corrected chi connectivity index (χ2v) is 6.39. The number of rotatable bonds is 3. The zero-order valence-electron chi connectivity index (χ0n) is 13.7. The Balaban J connectivity index is 1.53. The Morgan fingerprint density at radius 1 is 1.17 bits per heavy atom. The number of thiocarbonyl (C=S) groups is 1. The fourth-order valence-corrected chi connectivity index (χ4v) is 3.15. The molecule has 0 radical (unpaired) electrons. The Labute approximate surface area is 143 Å². The fraction of sp³-hybridized carbons (Fsp3) is 0.389. The molecule has 2 aromatic rings. The van der Waals surface area contributed by atoms with Gasteiger partial charge in [-0.15, -0.1) is 0 Å². The van der Waals surface area contributed by atoms with E-state index in [-0.39, 0.29) is 0 Å². The van der Waals surface area contributed by atoms with Gasteiger partial charge in [0.15, 0.2) is 5.11 Å². The van der Waals surface area contributed by atoms with Gasteiger partial charge in [0.1, 0.15) is 5.76 Å². The summed E-state index contributed by atoms with van der Waals surface area (Å²) < 4.78 is 5.32. The summed E-state index contributed by atoms with van der Waals surface area (Å²) in [6.45, 7) is 8.83. The molecule has 0 amide bonds. The van der Waals surface area contributed by atoms with Crippen molar-refractivity contribution in [1.82, 2.24) is 10.2 Å². The summed E-state index contributed by atoms with van der Waals surface area (Å²) in [5.41, 5.74) is 3.99. The zero-order chi connectivity index (χ0) is 16.2. The average Bonchev–Trinajstić information content (AvgIpc) is 3.08. The molecule has 1 N–H and O–H groups in total. The van der Waals surface area contributed by atoms with Gasteiger partial charge in [0.05, 0.1) is 12.8 Å². The largest absolute Gasteiger partial charge is 0.467 e. The summed E-state index contributed by atoms with van der Waals surface area (Å²) in [6.07, 6.45) is 1.68. The number of piperazine rings is 1. The van der Waals surface area contributed by atoms with E-state index >= 15 is 0 Å². The molecular weight excluding hydrogens is 306 g/mol. The lowest BCUT2D eigenvalue weighted by atomic mass is 10.1. The van der Waals surface area contributed by atoms with E-state index in [2.05, 4.69) is 47.2 Å². The third-order valence-electron chi connectivity index (χ3n) is 4.27. The van der Waals surface area contributed by atoms with Gasteiger partial charge in [-0.25, -0.2) is 0 Å². The number of furan rings is 1. The fourth-order valence-electron chi connectivity index (χ4n) is 2.90. The van der Waals surface area contributed by atoms with Gasteiger partial charge in [0, 0.05) is 31.9 Å². The van der Waals surface area contributed by atoms with Crippen molar-refractivity contribution in [2.45, 2.75) is 20.4 Å². The molecule has 0 atom stereocenters. The van der Waals surface area contributed by atoms with E-state index < -0.39 is 0 Å². The van der Waals surface area contributed by atoms with Crippen LogP contribution < -0.4 is 10.2 Å². The molecule has 0 aliphatic carbocycles. The summed E-state index contributed by atoms with van der Waals surface area (Å²) in [5.74, 6) is 0.904. The first-order chi connectivity index (χ1) is 11.1. The van der Waals surface area contributed by atoms with Gasteiger partial charge in [-0.05, 0) is 55.4 Å². The molecule has 1 saturated heterocycles. The van der Waals surface area contributed by atoms with Gasteiger partial charge in [-0.3, -0.25) is 0 Å². The van der Waals surface area contributed by atoms with Gasteiger partial charge in [0.2, 0.25) is 0 Å². The normalized spacial score (nSPS) is 14.9. The first-order valence-corrected chi connectivity index (χ1v) is 8.41. The van der Waals surface area contributed by atoms with Gasteiger partial charge >= 0.3 is 0 Å². The van der Waals surface area contributed by atoms with E-state index in [0.717, 1.165) is 37.1 Å². The molecule has 4 nitrogen and oxygen atoms in total. The molecule has 1 aromatic carbocycles. The van der Waals surface area contributed by atoms with Crippen LogP contribution in [0.15, 0.2) is 41.0 Å². The monoisotopic (exact) mass is 329 g/mol. The van der Waals surface area contributed by atoms with Crippen LogP contribution in [-0.2, 0) is 6.54 Å². The van der Waals surface area contributed by atoms with Crippen LogP contribution in [0.25, 0.3) is 0 Å². The predicted octanol–water partition coefficient (Wildman–Crippen LogP) is 3.09. The number of benzene rings is 1. The first-order valence-electron chi connectivity index (χ1n) is 8.01. The van der Waals surface area contributed by atoms with Crippen molar-refractivity contribution in [2.75, 3.05) is 31.1 Å². The summed E-state index contributed by atoms with van der Waals surface area (Å²) in [4.78, 5) is 4.69. The van der Waals surface area contributed by atoms with E-state index in [9.17, 15) is 0 Å². The van der Waals surface area contributed by atoms with Crippen LogP contribution in [0.5, 0.6) is 0 Å². The third kappa shape index (κ3) is 3.85. The molecule has 23 heavy (non-hydrogen) atoms. The lowest BCUT2D eigenvalue weighted by Crippen LogP contribution is -2.51. The Morgan fingerprint density at radius 3 is 2.65 bits per heavy atom. The van der Waals surface area contributed by atoms with E-state index in [1.165, 1.54) is 16.8 Å². The molecule has 3 rings (SSSR count). The maximum absolute atomic E-state index is 5.50. The minimum atomic E-state index is 0.642. The van der Waals surface area contributed by atoms with Crippen LogP contribution in [0.3, 0.4) is 0 Å². The molecule has 1 aromatic heterocycles. The van der Waals surface area contributed by atoms with E-state index in [1.54, 1.807) is 6.26 Å². The quantitative estimate of drug-likeness (QED) is 0.875. The smallest absolute Gasteiger partial charge is 0.169 e. The van der Waals surface area contributed by atoms with Crippen molar-refractivity contribution in [3.05, 3.63) is 53.5 Å². The van der Waals surface area contributed by atoms with Crippen molar-refractivity contribution in [2.24, 2.45) is 0 Å². The average molecular weight is 329 g/mol. The maximum atomic E-state index is 5.50. The van der Waals surface area contributed by atoms with Gasteiger partial charge in [0.25, 0.3) is 0 Å². The van der Waals surface area contributed by atoms with Crippen molar-refractivity contribution < 1.29 is 4.42 Å². The molecule has 0 saturated carbocycles. The number of nitrogens with one attached hydrogen (secondary N) is 1. The lowest BCUT2D eigenvalue weighted by molar-refractivity contribution is 0.377. The highest BCUT2D eigenvalue weighted by Crippen LogP contribution is 2.22.